The zero-order chi connectivity index (χ0) is 20.5. The Labute approximate surface area is 171 Å². The van der Waals surface area contributed by atoms with Gasteiger partial charge in [-0.1, -0.05) is 30.3 Å². The van der Waals surface area contributed by atoms with Crippen LogP contribution in [0, 0.1) is 5.82 Å². The third-order valence-electron chi connectivity index (χ3n) is 4.84. The van der Waals surface area contributed by atoms with Crippen molar-refractivity contribution in [1.82, 2.24) is 10.2 Å². The molecule has 0 aliphatic carbocycles. The van der Waals surface area contributed by atoms with E-state index in [1.165, 1.54) is 18.2 Å². The Bertz CT molecular complexity index is 817. The molecule has 1 fully saturated rings. The zero-order valence-corrected chi connectivity index (χ0v) is 16.6. The highest BCUT2D eigenvalue weighted by molar-refractivity contribution is 5.92. The Morgan fingerprint density at radius 2 is 1.93 bits per heavy atom. The van der Waals surface area contributed by atoms with Crippen LogP contribution in [0.2, 0.25) is 0 Å². The first-order valence-electron chi connectivity index (χ1n) is 9.92. The van der Waals surface area contributed by atoms with Gasteiger partial charge in [0.15, 0.2) is 0 Å². The molecule has 29 heavy (non-hydrogen) atoms. The van der Waals surface area contributed by atoms with Crippen molar-refractivity contribution in [3.05, 3.63) is 71.6 Å². The molecule has 2 aromatic carbocycles. The number of amides is 1. The van der Waals surface area contributed by atoms with Crippen LogP contribution in [0.15, 0.2) is 54.6 Å². The molecule has 1 amide bonds. The summed E-state index contributed by atoms with van der Waals surface area (Å²) in [5.74, 6) is 0.294. The number of hydrogen-bond acceptors (Lipinski definition) is 4. The van der Waals surface area contributed by atoms with Crippen LogP contribution in [-0.2, 0) is 9.53 Å². The second-order valence-corrected chi connectivity index (χ2v) is 6.77. The lowest BCUT2D eigenvalue weighted by Crippen LogP contribution is -2.43. The maximum atomic E-state index is 13.3. The molecule has 1 unspecified atom stereocenters. The van der Waals surface area contributed by atoms with Gasteiger partial charge in [-0.05, 0) is 36.8 Å². The van der Waals surface area contributed by atoms with Gasteiger partial charge < -0.3 is 14.8 Å². The van der Waals surface area contributed by atoms with Gasteiger partial charge in [-0.2, -0.15) is 0 Å². The van der Waals surface area contributed by atoms with Gasteiger partial charge in [0.2, 0.25) is 5.91 Å². The Balaban J connectivity index is 1.65. The highest BCUT2D eigenvalue weighted by Gasteiger charge is 2.23. The van der Waals surface area contributed by atoms with Crippen LogP contribution >= 0.6 is 0 Å². The van der Waals surface area contributed by atoms with Gasteiger partial charge in [-0.15, -0.1) is 0 Å². The van der Waals surface area contributed by atoms with Crippen molar-refractivity contribution in [2.45, 2.75) is 13.0 Å². The van der Waals surface area contributed by atoms with Gasteiger partial charge in [0.05, 0.1) is 25.9 Å². The van der Waals surface area contributed by atoms with Crippen LogP contribution < -0.4 is 10.1 Å². The van der Waals surface area contributed by atoms with Crippen molar-refractivity contribution in [3.63, 3.8) is 0 Å². The summed E-state index contributed by atoms with van der Waals surface area (Å²) in [7, 11) is 0. The molecule has 0 bridgehead atoms. The number of ether oxygens (including phenoxy) is 2. The predicted molar refractivity (Wildman–Crippen MR) is 111 cm³/mol. The highest BCUT2D eigenvalue weighted by atomic mass is 19.1. The largest absolute Gasteiger partial charge is 0.493 e. The van der Waals surface area contributed by atoms with E-state index in [0.717, 1.165) is 30.0 Å². The summed E-state index contributed by atoms with van der Waals surface area (Å²) in [5.41, 5.74) is 1.83. The molecule has 2 aromatic rings. The minimum absolute atomic E-state index is 0.0347. The number of halogens is 1. The maximum Gasteiger partial charge on any atom is 0.244 e. The predicted octanol–water partition coefficient (Wildman–Crippen LogP) is 3.43. The van der Waals surface area contributed by atoms with E-state index in [0.29, 0.717) is 26.4 Å². The Kier molecular flexibility index (Phi) is 7.78. The van der Waals surface area contributed by atoms with E-state index < -0.39 is 0 Å². The van der Waals surface area contributed by atoms with Crippen LogP contribution in [0.3, 0.4) is 0 Å². The first kappa shape index (κ1) is 21.0. The summed E-state index contributed by atoms with van der Waals surface area (Å²) >= 11 is 0. The lowest BCUT2D eigenvalue weighted by Gasteiger charge is -2.34. The molecule has 1 N–H and O–H groups in total. The van der Waals surface area contributed by atoms with E-state index >= 15 is 0 Å². The van der Waals surface area contributed by atoms with Gasteiger partial charge in [0.25, 0.3) is 0 Å². The van der Waals surface area contributed by atoms with Crippen LogP contribution in [0.1, 0.15) is 24.1 Å². The highest BCUT2D eigenvalue weighted by Crippen LogP contribution is 2.22. The van der Waals surface area contributed by atoms with Gasteiger partial charge in [-0.3, -0.25) is 9.69 Å². The molecule has 1 aliphatic rings. The molecular weight excluding hydrogens is 371 g/mol. The minimum atomic E-state index is -0.269. The number of morpholine rings is 1. The molecule has 1 atom stereocenters. The average Bonchev–Trinajstić information content (AvgIpc) is 2.75. The molecule has 0 spiro atoms. The standard InChI is InChI=1S/C23H27FN2O3/c1-2-29-22-6-4-3-5-19(22)9-12-23(27)25-17-21(26-13-15-28-16-14-26)18-7-10-20(24)11-8-18/h3-12,21H,2,13-17H2,1H3,(H,25,27)/b12-9+. The molecule has 0 aromatic heterocycles. The van der Waals surface area contributed by atoms with Crippen LogP contribution in [0.4, 0.5) is 4.39 Å². The van der Waals surface area contributed by atoms with E-state index in [1.54, 1.807) is 18.2 Å². The Morgan fingerprint density at radius 1 is 1.21 bits per heavy atom. The van der Waals surface area contributed by atoms with Gasteiger partial charge in [0.1, 0.15) is 11.6 Å². The maximum absolute atomic E-state index is 13.3. The topological polar surface area (TPSA) is 50.8 Å². The van der Waals surface area contributed by atoms with Crippen molar-refractivity contribution < 1.29 is 18.7 Å². The second kappa shape index (κ2) is 10.7. The molecule has 1 saturated heterocycles. The fourth-order valence-electron chi connectivity index (χ4n) is 3.36. The van der Waals surface area contributed by atoms with E-state index in [-0.39, 0.29) is 17.8 Å². The summed E-state index contributed by atoms with van der Waals surface area (Å²) in [6, 6.07) is 14.0. The number of benzene rings is 2. The normalized spacial score (nSPS) is 15.9. The molecule has 3 rings (SSSR count). The lowest BCUT2D eigenvalue weighted by molar-refractivity contribution is -0.116. The summed E-state index contributed by atoms with van der Waals surface area (Å²) in [6.45, 7) is 5.77. The van der Waals surface area contributed by atoms with Gasteiger partial charge in [0, 0.05) is 31.3 Å². The molecular formula is C23H27FN2O3. The monoisotopic (exact) mass is 398 g/mol. The number of para-hydroxylation sites is 1. The second-order valence-electron chi connectivity index (χ2n) is 6.77. The summed E-state index contributed by atoms with van der Waals surface area (Å²) in [5, 5.41) is 2.97. The average molecular weight is 398 g/mol. The third kappa shape index (κ3) is 6.14. The quantitative estimate of drug-likeness (QED) is 0.693. The van der Waals surface area contributed by atoms with Crippen molar-refractivity contribution in [3.8, 4) is 5.75 Å². The first-order valence-corrected chi connectivity index (χ1v) is 9.92. The smallest absolute Gasteiger partial charge is 0.244 e. The summed E-state index contributed by atoms with van der Waals surface area (Å²) < 4.78 is 24.4. The van der Waals surface area contributed by atoms with E-state index in [2.05, 4.69) is 10.2 Å². The van der Waals surface area contributed by atoms with E-state index in [4.69, 9.17) is 9.47 Å². The first-order chi connectivity index (χ1) is 14.2. The fraction of sp³-hybridized carbons (Fsp3) is 0.348. The van der Waals surface area contributed by atoms with E-state index in [1.807, 2.05) is 31.2 Å². The molecule has 1 heterocycles. The Morgan fingerprint density at radius 3 is 2.66 bits per heavy atom. The van der Waals surface area contributed by atoms with Crippen molar-refractivity contribution in [2.75, 3.05) is 39.5 Å². The SMILES string of the molecule is CCOc1ccccc1/C=C/C(=O)NCC(c1ccc(F)cc1)N1CCOCC1. The van der Waals surface area contributed by atoms with Crippen LogP contribution in [0.5, 0.6) is 5.75 Å². The number of nitrogens with one attached hydrogen (secondary N) is 1. The molecule has 0 saturated carbocycles. The molecule has 5 nitrogen and oxygen atoms in total. The van der Waals surface area contributed by atoms with Gasteiger partial charge in [-0.25, -0.2) is 4.39 Å². The number of nitrogens with zero attached hydrogens (tertiary/aromatic N) is 1. The number of carbonyl (C=O) groups is 1. The van der Waals surface area contributed by atoms with Crippen molar-refractivity contribution >= 4 is 12.0 Å². The molecule has 154 valence electrons. The molecule has 1 aliphatic heterocycles. The third-order valence-corrected chi connectivity index (χ3v) is 4.84. The van der Waals surface area contributed by atoms with E-state index in [9.17, 15) is 9.18 Å². The number of carbonyl (C=O) groups excluding carboxylic acids is 1. The summed E-state index contributed by atoms with van der Waals surface area (Å²) in [4.78, 5) is 14.7. The van der Waals surface area contributed by atoms with Crippen molar-refractivity contribution in [1.29, 1.82) is 0 Å². The molecule has 6 heteroatoms. The Hall–Kier alpha value is -2.70. The zero-order valence-electron chi connectivity index (χ0n) is 16.6. The fourth-order valence-corrected chi connectivity index (χ4v) is 3.36. The lowest BCUT2D eigenvalue weighted by atomic mass is 10.0. The van der Waals surface area contributed by atoms with Gasteiger partial charge >= 0.3 is 0 Å². The number of hydrogen-bond donors (Lipinski definition) is 1. The molecule has 0 radical (unpaired) electrons. The summed E-state index contributed by atoms with van der Waals surface area (Å²) in [6.07, 6.45) is 3.26. The van der Waals surface area contributed by atoms with Crippen LogP contribution in [-0.4, -0.2) is 50.3 Å². The van der Waals surface area contributed by atoms with Crippen molar-refractivity contribution in [2.24, 2.45) is 0 Å². The minimum Gasteiger partial charge on any atom is -0.493 e. The van der Waals surface area contributed by atoms with Crippen LogP contribution in [0.25, 0.3) is 6.08 Å². The number of rotatable bonds is 8.